The number of nitrogens with zero attached hydrogens (tertiary/aromatic N) is 2. The predicted octanol–water partition coefficient (Wildman–Crippen LogP) is 3.62. The summed E-state index contributed by atoms with van der Waals surface area (Å²) in [6.07, 6.45) is 4.71. The van der Waals surface area contributed by atoms with Gasteiger partial charge >= 0.3 is 0 Å². The van der Waals surface area contributed by atoms with Gasteiger partial charge < -0.3 is 15.0 Å². The van der Waals surface area contributed by atoms with Crippen LogP contribution in [-0.2, 0) is 16.0 Å². The standard InChI is InChI=1S/C26H26FN3O3/c27-22-3-1-4-23(18-22)33-16-2-5-25(31)30-15-14-29-26(32)24(30)17-19-6-8-20(9-7-19)21-10-12-28-13-11-21/h1,3-4,6-13,18,24H,2,5,14-17H2,(H,29,32). The van der Waals surface area contributed by atoms with Gasteiger partial charge in [-0.1, -0.05) is 30.3 Å². The molecular formula is C26H26FN3O3. The molecule has 6 nitrogen and oxygen atoms in total. The Morgan fingerprint density at radius 2 is 1.85 bits per heavy atom. The van der Waals surface area contributed by atoms with Crippen molar-refractivity contribution < 1.29 is 18.7 Å². The summed E-state index contributed by atoms with van der Waals surface area (Å²) in [6, 6.07) is 17.3. The molecule has 0 saturated carbocycles. The number of hydrogen-bond donors (Lipinski definition) is 1. The van der Waals surface area contributed by atoms with Crippen LogP contribution in [-0.4, -0.2) is 47.4 Å². The van der Waals surface area contributed by atoms with E-state index in [4.69, 9.17) is 4.74 Å². The van der Waals surface area contributed by atoms with E-state index in [0.29, 0.717) is 38.3 Å². The van der Waals surface area contributed by atoms with E-state index in [0.717, 1.165) is 16.7 Å². The second-order valence-electron chi connectivity index (χ2n) is 7.94. The molecule has 170 valence electrons. The van der Waals surface area contributed by atoms with E-state index in [9.17, 15) is 14.0 Å². The molecule has 0 spiro atoms. The van der Waals surface area contributed by atoms with Crippen molar-refractivity contribution in [3.63, 3.8) is 0 Å². The molecule has 33 heavy (non-hydrogen) atoms. The number of halogens is 1. The highest BCUT2D eigenvalue weighted by Gasteiger charge is 2.32. The Balaban J connectivity index is 1.34. The number of piperazine rings is 1. The van der Waals surface area contributed by atoms with Gasteiger partial charge in [-0.3, -0.25) is 14.6 Å². The first kappa shape index (κ1) is 22.5. The smallest absolute Gasteiger partial charge is 0.243 e. The van der Waals surface area contributed by atoms with Gasteiger partial charge in [0.25, 0.3) is 0 Å². The fourth-order valence-corrected chi connectivity index (χ4v) is 3.93. The molecule has 3 aromatic rings. The maximum atomic E-state index is 13.2. The number of amides is 2. The number of carbonyl (C=O) groups excluding carboxylic acids is 2. The molecule has 1 unspecified atom stereocenters. The summed E-state index contributed by atoms with van der Waals surface area (Å²) in [5.74, 6) is -0.137. The Morgan fingerprint density at radius 3 is 2.61 bits per heavy atom. The lowest BCUT2D eigenvalue weighted by Crippen LogP contribution is -2.58. The van der Waals surface area contributed by atoms with Crippen LogP contribution >= 0.6 is 0 Å². The Kier molecular flexibility index (Phi) is 7.29. The molecule has 1 aliphatic rings. The normalized spacial score (nSPS) is 15.7. The molecule has 7 heteroatoms. The van der Waals surface area contributed by atoms with Crippen LogP contribution in [0.2, 0.25) is 0 Å². The topological polar surface area (TPSA) is 71.5 Å². The molecule has 4 rings (SSSR count). The van der Waals surface area contributed by atoms with Crippen molar-refractivity contribution in [3.8, 4) is 16.9 Å². The number of aromatic nitrogens is 1. The van der Waals surface area contributed by atoms with E-state index >= 15 is 0 Å². The first-order chi connectivity index (χ1) is 16.1. The minimum Gasteiger partial charge on any atom is -0.493 e. The highest BCUT2D eigenvalue weighted by Crippen LogP contribution is 2.21. The molecule has 1 aromatic heterocycles. The molecule has 1 aliphatic heterocycles. The fraction of sp³-hybridized carbons (Fsp3) is 0.269. The lowest BCUT2D eigenvalue weighted by molar-refractivity contribution is -0.143. The zero-order chi connectivity index (χ0) is 23.0. The highest BCUT2D eigenvalue weighted by atomic mass is 19.1. The van der Waals surface area contributed by atoms with Crippen LogP contribution in [0.3, 0.4) is 0 Å². The molecule has 2 heterocycles. The maximum absolute atomic E-state index is 13.2. The third-order valence-electron chi connectivity index (χ3n) is 5.65. The van der Waals surface area contributed by atoms with Crippen molar-refractivity contribution in [3.05, 3.63) is 84.4 Å². The van der Waals surface area contributed by atoms with E-state index in [2.05, 4.69) is 10.3 Å². The number of pyridine rings is 1. The van der Waals surface area contributed by atoms with Crippen LogP contribution in [0.25, 0.3) is 11.1 Å². The van der Waals surface area contributed by atoms with E-state index < -0.39 is 6.04 Å². The molecular weight excluding hydrogens is 421 g/mol. The molecule has 2 amide bonds. The summed E-state index contributed by atoms with van der Waals surface area (Å²) < 4.78 is 18.8. The van der Waals surface area contributed by atoms with Crippen LogP contribution in [0.4, 0.5) is 4.39 Å². The minimum absolute atomic E-state index is 0.0777. The predicted molar refractivity (Wildman–Crippen MR) is 123 cm³/mol. The highest BCUT2D eigenvalue weighted by molar-refractivity contribution is 5.89. The van der Waals surface area contributed by atoms with Crippen LogP contribution in [0, 0.1) is 5.82 Å². The SMILES string of the molecule is O=C1NCCN(C(=O)CCCOc2cccc(F)c2)C1Cc1ccc(-c2ccncc2)cc1. The number of hydrogen-bond acceptors (Lipinski definition) is 4. The summed E-state index contributed by atoms with van der Waals surface area (Å²) in [6.45, 7) is 1.23. The molecule has 1 saturated heterocycles. The lowest BCUT2D eigenvalue weighted by Gasteiger charge is -2.35. The molecule has 2 aromatic carbocycles. The largest absolute Gasteiger partial charge is 0.493 e. The maximum Gasteiger partial charge on any atom is 0.243 e. The van der Waals surface area contributed by atoms with Crippen molar-refractivity contribution in [2.75, 3.05) is 19.7 Å². The van der Waals surface area contributed by atoms with Crippen molar-refractivity contribution in [2.24, 2.45) is 0 Å². The first-order valence-corrected chi connectivity index (χ1v) is 11.0. The van der Waals surface area contributed by atoms with Crippen molar-refractivity contribution in [1.82, 2.24) is 15.2 Å². The summed E-state index contributed by atoms with van der Waals surface area (Å²) in [5.41, 5.74) is 3.13. The van der Waals surface area contributed by atoms with E-state index in [-0.39, 0.29) is 24.1 Å². The average molecular weight is 448 g/mol. The van der Waals surface area contributed by atoms with Gasteiger partial charge in [0, 0.05) is 44.4 Å². The molecule has 0 aliphatic carbocycles. The quantitative estimate of drug-likeness (QED) is 0.536. The van der Waals surface area contributed by atoms with Gasteiger partial charge in [0.1, 0.15) is 17.6 Å². The molecule has 0 bridgehead atoms. The summed E-state index contributed by atoms with van der Waals surface area (Å²) in [4.78, 5) is 31.2. The van der Waals surface area contributed by atoms with Crippen LogP contribution in [0.1, 0.15) is 18.4 Å². The first-order valence-electron chi connectivity index (χ1n) is 11.0. The van der Waals surface area contributed by atoms with E-state index in [1.165, 1.54) is 12.1 Å². The monoisotopic (exact) mass is 447 g/mol. The van der Waals surface area contributed by atoms with Crippen molar-refractivity contribution in [2.45, 2.75) is 25.3 Å². The number of benzene rings is 2. The van der Waals surface area contributed by atoms with Gasteiger partial charge in [-0.2, -0.15) is 0 Å². The average Bonchev–Trinajstić information content (AvgIpc) is 2.84. The van der Waals surface area contributed by atoms with Gasteiger partial charge in [0.15, 0.2) is 0 Å². The van der Waals surface area contributed by atoms with Crippen LogP contribution < -0.4 is 10.1 Å². The van der Waals surface area contributed by atoms with E-state index in [1.807, 2.05) is 36.4 Å². The molecule has 1 fully saturated rings. The van der Waals surface area contributed by atoms with Gasteiger partial charge in [-0.25, -0.2) is 4.39 Å². The van der Waals surface area contributed by atoms with Gasteiger partial charge in [0.05, 0.1) is 6.61 Å². The van der Waals surface area contributed by atoms with E-state index in [1.54, 1.807) is 29.4 Å². The fourth-order valence-electron chi connectivity index (χ4n) is 3.93. The van der Waals surface area contributed by atoms with Gasteiger partial charge in [-0.15, -0.1) is 0 Å². The Bertz CT molecular complexity index is 1090. The lowest BCUT2D eigenvalue weighted by atomic mass is 9.99. The minimum atomic E-state index is -0.540. The number of rotatable bonds is 8. The third-order valence-corrected chi connectivity index (χ3v) is 5.65. The van der Waals surface area contributed by atoms with Crippen LogP contribution in [0.5, 0.6) is 5.75 Å². The van der Waals surface area contributed by atoms with Crippen molar-refractivity contribution in [1.29, 1.82) is 0 Å². The second-order valence-corrected chi connectivity index (χ2v) is 7.94. The zero-order valence-electron chi connectivity index (χ0n) is 18.2. The van der Waals surface area contributed by atoms with Gasteiger partial charge in [-0.05, 0) is 47.4 Å². The summed E-state index contributed by atoms with van der Waals surface area (Å²) in [7, 11) is 0. The number of carbonyl (C=O) groups is 2. The van der Waals surface area contributed by atoms with Gasteiger partial charge in [0.2, 0.25) is 11.8 Å². The Hall–Kier alpha value is -3.74. The molecule has 1 atom stereocenters. The van der Waals surface area contributed by atoms with Crippen LogP contribution in [0.15, 0.2) is 73.1 Å². The van der Waals surface area contributed by atoms with Crippen molar-refractivity contribution >= 4 is 11.8 Å². The molecule has 0 radical (unpaired) electrons. The Morgan fingerprint density at radius 1 is 1.09 bits per heavy atom. The third kappa shape index (κ3) is 5.94. The second kappa shape index (κ2) is 10.7. The number of ether oxygens (including phenoxy) is 1. The zero-order valence-corrected chi connectivity index (χ0v) is 18.2. The summed E-state index contributed by atoms with van der Waals surface area (Å²) in [5, 5.41) is 2.87. The summed E-state index contributed by atoms with van der Waals surface area (Å²) >= 11 is 0. The number of nitrogens with one attached hydrogen (secondary N) is 1. The molecule has 1 N–H and O–H groups in total. The Labute approximate surface area is 192 Å².